The molecule has 0 radical (unpaired) electrons. The number of hydrogen-bond acceptors (Lipinski definition) is 2. The monoisotopic (exact) mass is 262 g/mol. The lowest BCUT2D eigenvalue weighted by Gasteiger charge is -2.03. The van der Waals surface area contributed by atoms with Crippen LogP contribution in [-0.2, 0) is 11.2 Å². The standard InChI is InChI=1S/C16H22O3/c1-2-3-4-6-13-9-11-14(12-10-13)15(17)7-5-8-16(18)19/h9-12H,2-8H2,1H3,(H,18,19). The number of carboxylic acid groups (broad SMARTS) is 1. The van der Waals surface area contributed by atoms with E-state index in [0.29, 0.717) is 18.4 Å². The Bertz CT molecular complexity index is 407. The molecule has 1 aromatic rings. The van der Waals surface area contributed by atoms with Gasteiger partial charge in [-0.3, -0.25) is 9.59 Å². The van der Waals surface area contributed by atoms with Gasteiger partial charge in [0.05, 0.1) is 0 Å². The van der Waals surface area contributed by atoms with E-state index < -0.39 is 5.97 Å². The van der Waals surface area contributed by atoms with Gasteiger partial charge in [0.1, 0.15) is 0 Å². The lowest BCUT2D eigenvalue weighted by molar-refractivity contribution is -0.137. The lowest BCUT2D eigenvalue weighted by atomic mass is 10.0. The first-order valence-electron chi connectivity index (χ1n) is 6.97. The quantitative estimate of drug-likeness (QED) is 0.543. The minimum Gasteiger partial charge on any atom is -0.481 e. The van der Waals surface area contributed by atoms with Gasteiger partial charge in [-0.25, -0.2) is 0 Å². The second-order valence-electron chi connectivity index (χ2n) is 4.82. The molecule has 0 heterocycles. The van der Waals surface area contributed by atoms with Gasteiger partial charge in [0, 0.05) is 18.4 Å². The Morgan fingerprint density at radius 3 is 2.26 bits per heavy atom. The molecule has 0 unspecified atom stereocenters. The summed E-state index contributed by atoms with van der Waals surface area (Å²) in [5.41, 5.74) is 1.94. The highest BCUT2D eigenvalue weighted by atomic mass is 16.4. The smallest absolute Gasteiger partial charge is 0.303 e. The Morgan fingerprint density at radius 2 is 1.68 bits per heavy atom. The van der Waals surface area contributed by atoms with Gasteiger partial charge in [-0.2, -0.15) is 0 Å². The number of benzene rings is 1. The molecule has 0 aliphatic rings. The van der Waals surface area contributed by atoms with Gasteiger partial charge in [0.15, 0.2) is 5.78 Å². The van der Waals surface area contributed by atoms with Crippen molar-refractivity contribution in [2.45, 2.75) is 51.9 Å². The molecular formula is C16H22O3. The summed E-state index contributed by atoms with van der Waals surface area (Å²) in [5, 5.41) is 8.52. The summed E-state index contributed by atoms with van der Waals surface area (Å²) in [6.07, 6.45) is 5.45. The van der Waals surface area contributed by atoms with Crippen molar-refractivity contribution < 1.29 is 14.7 Å². The first-order chi connectivity index (χ1) is 9.13. The average molecular weight is 262 g/mol. The van der Waals surface area contributed by atoms with Gasteiger partial charge >= 0.3 is 5.97 Å². The third kappa shape index (κ3) is 6.18. The summed E-state index contributed by atoms with van der Waals surface area (Å²) in [6.45, 7) is 2.18. The van der Waals surface area contributed by atoms with Crippen LogP contribution in [0.25, 0.3) is 0 Å². The number of unbranched alkanes of at least 4 members (excludes halogenated alkanes) is 2. The van der Waals surface area contributed by atoms with E-state index in [0.717, 1.165) is 6.42 Å². The maximum Gasteiger partial charge on any atom is 0.303 e. The van der Waals surface area contributed by atoms with Crippen molar-refractivity contribution in [3.63, 3.8) is 0 Å². The normalized spacial score (nSPS) is 10.4. The Morgan fingerprint density at radius 1 is 1.00 bits per heavy atom. The van der Waals surface area contributed by atoms with Crippen molar-refractivity contribution in [2.24, 2.45) is 0 Å². The van der Waals surface area contributed by atoms with Gasteiger partial charge in [0.25, 0.3) is 0 Å². The molecule has 0 aromatic heterocycles. The molecule has 1 aromatic carbocycles. The molecule has 0 aliphatic carbocycles. The summed E-state index contributed by atoms with van der Waals surface area (Å²) < 4.78 is 0. The molecule has 3 heteroatoms. The average Bonchev–Trinajstić information content (AvgIpc) is 2.39. The summed E-state index contributed by atoms with van der Waals surface area (Å²) in [7, 11) is 0. The van der Waals surface area contributed by atoms with Crippen LogP contribution in [0.2, 0.25) is 0 Å². The molecule has 3 nitrogen and oxygen atoms in total. The number of rotatable bonds is 9. The van der Waals surface area contributed by atoms with E-state index in [2.05, 4.69) is 6.92 Å². The van der Waals surface area contributed by atoms with E-state index in [1.807, 2.05) is 24.3 Å². The maximum atomic E-state index is 11.8. The number of aliphatic carboxylic acids is 1. The molecule has 0 spiro atoms. The Labute approximate surface area is 114 Å². The highest BCUT2D eigenvalue weighted by molar-refractivity contribution is 5.96. The summed E-state index contributed by atoms with van der Waals surface area (Å²) in [5.74, 6) is -0.819. The van der Waals surface area contributed by atoms with Crippen molar-refractivity contribution in [3.8, 4) is 0 Å². The maximum absolute atomic E-state index is 11.8. The Balaban J connectivity index is 2.41. The lowest BCUT2D eigenvalue weighted by Crippen LogP contribution is -2.02. The van der Waals surface area contributed by atoms with Crippen molar-refractivity contribution >= 4 is 11.8 Å². The minimum absolute atomic E-state index is 0.0290. The summed E-state index contributed by atoms with van der Waals surface area (Å²) >= 11 is 0. The zero-order valence-corrected chi connectivity index (χ0v) is 11.5. The van der Waals surface area contributed by atoms with E-state index in [-0.39, 0.29) is 12.2 Å². The van der Waals surface area contributed by atoms with E-state index in [9.17, 15) is 9.59 Å². The number of Topliss-reactive ketones (excluding diaryl/α,β-unsaturated/α-hetero) is 1. The third-order valence-corrected chi connectivity index (χ3v) is 3.14. The summed E-state index contributed by atoms with van der Waals surface area (Å²) in [4.78, 5) is 22.2. The fourth-order valence-corrected chi connectivity index (χ4v) is 1.98. The van der Waals surface area contributed by atoms with Crippen LogP contribution in [-0.4, -0.2) is 16.9 Å². The van der Waals surface area contributed by atoms with Gasteiger partial charge in [-0.15, -0.1) is 0 Å². The number of hydrogen-bond donors (Lipinski definition) is 1. The van der Waals surface area contributed by atoms with Crippen molar-refractivity contribution in [1.82, 2.24) is 0 Å². The fraction of sp³-hybridized carbons (Fsp3) is 0.500. The van der Waals surface area contributed by atoms with Crippen LogP contribution in [0, 0.1) is 0 Å². The molecule has 0 aliphatic heterocycles. The van der Waals surface area contributed by atoms with Crippen LogP contribution in [0.15, 0.2) is 24.3 Å². The topological polar surface area (TPSA) is 54.4 Å². The highest BCUT2D eigenvalue weighted by Gasteiger charge is 2.07. The largest absolute Gasteiger partial charge is 0.481 e. The zero-order chi connectivity index (χ0) is 14.1. The van der Waals surface area contributed by atoms with E-state index in [1.165, 1.54) is 24.8 Å². The second-order valence-corrected chi connectivity index (χ2v) is 4.82. The van der Waals surface area contributed by atoms with E-state index in [4.69, 9.17) is 5.11 Å². The van der Waals surface area contributed by atoms with Crippen LogP contribution in [0.1, 0.15) is 61.4 Å². The third-order valence-electron chi connectivity index (χ3n) is 3.14. The van der Waals surface area contributed by atoms with Crippen molar-refractivity contribution in [2.75, 3.05) is 0 Å². The zero-order valence-electron chi connectivity index (χ0n) is 11.5. The number of carboxylic acids is 1. The Hall–Kier alpha value is -1.64. The molecule has 0 amide bonds. The molecule has 0 saturated heterocycles. The predicted octanol–water partition coefficient (Wildman–Crippen LogP) is 3.86. The van der Waals surface area contributed by atoms with Gasteiger partial charge < -0.3 is 5.11 Å². The predicted molar refractivity (Wildman–Crippen MR) is 75.5 cm³/mol. The molecule has 104 valence electrons. The molecule has 0 fully saturated rings. The molecular weight excluding hydrogens is 240 g/mol. The SMILES string of the molecule is CCCCCc1ccc(C(=O)CCCC(=O)O)cc1. The van der Waals surface area contributed by atoms with E-state index in [1.54, 1.807) is 0 Å². The number of carbonyl (C=O) groups is 2. The molecule has 0 atom stereocenters. The van der Waals surface area contributed by atoms with Gasteiger partial charge in [-0.05, 0) is 24.8 Å². The number of aryl methyl sites for hydroxylation is 1. The summed E-state index contributed by atoms with van der Waals surface area (Å²) in [6, 6.07) is 7.70. The number of carbonyl (C=O) groups excluding carboxylic acids is 1. The first kappa shape index (κ1) is 15.4. The van der Waals surface area contributed by atoms with Crippen LogP contribution >= 0.6 is 0 Å². The molecule has 1 N–H and O–H groups in total. The second kappa shape index (κ2) is 8.46. The highest BCUT2D eigenvalue weighted by Crippen LogP contribution is 2.11. The fourth-order valence-electron chi connectivity index (χ4n) is 1.98. The minimum atomic E-state index is -0.848. The van der Waals surface area contributed by atoms with Gasteiger partial charge in [0.2, 0.25) is 0 Å². The Kier molecular flexibility index (Phi) is 6.86. The van der Waals surface area contributed by atoms with Crippen LogP contribution in [0.3, 0.4) is 0 Å². The van der Waals surface area contributed by atoms with E-state index >= 15 is 0 Å². The van der Waals surface area contributed by atoms with Crippen molar-refractivity contribution in [3.05, 3.63) is 35.4 Å². The molecule has 0 bridgehead atoms. The molecule has 19 heavy (non-hydrogen) atoms. The van der Waals surface area contributed by atoms with Crippen molar-refractivity contribution in [1.29, 1.82) is 0 Å². The van der Waals surface area contributed by atoms with Crippen LogP contribution < -0.4 is 0 Å². The molecule has 1 rings (SSSR count). The number of ketones is 1. The first-order valence-corrected chi connectivity index (χ1v) is 6.97. The van der Waals surface area contributed by atoms with Gasteiger partial charge in [-0.1, -0.05) is 44.0 Å². The molecule has 0 saturated carbocycles. The van der Waals surface area contributed by atoms with Crippen LogP contribution in [0.5, 0.6) is 0 Å². The van der Waals surface area contributed by atoms with Crippen LogP contribution in [0.4, 0.5) is 0 Å².